The van der Waals surface area contributed by atoms with Crippen LogP contribution in [0.15, 0.2) is 57.7 Å². The lowest BCUT2D eigenvalue weighted by Gasteiger charge is -2.17. The van der Waals surface area contributed by atoms with E-state index in [4.69, 9.17) is 14.0 Å². The van der Waals surface area contributed by atoms with Crippen molar-refractivity contribution in [2.75, 3.05) is 11.7 Å². The number of carbonyl (C=O) groups is 1. The minimum Gasteiger partial charge on any atom is -0.454 e. The van der Waals surface area contributed by atoms with Crippen LogP contribution in [0.5, 0.6) is 11.5 Å². The van der Waals surface area contributed by atoms with Crippen molar-refractivity contribution in [3.8, 4) is 11.5 Å². The van der Waals surface area contributed by atoms with Gasteiger partial charge in [0.25, 0.3) is 5.91 Å². The molecule has 2 aliphatic heterocycles. The first-order valence-corrected chi connectivity index (χ1v) is 12.1. The highest BCUT2D eigenvalue weighted by molar-refractivity contribution is 8.13. The molecule has 0 bridgehead atoms. The summed E-state index contributed by atoms with van der Waals surface area (Å²) >= 11 is 1.39. The zero-order valence-electron chi connectivity index (χ0n) is 19.0. The first-order chi connectivity index (χ1) is 16.6. The van der Waals surface area contributed by atoms with Crippen LogP contribution in [0, 0.1) is 6.92 Å². The molecule has 3 heterocycles. The first-order valence-electron chi connectivity index (χ1n) is 11.2. The summed E-state index contributed by atoms with van der Waals surface area (Å²) in [7, 11) is 0. The van der Waals surface area contributed by atoms with Gasteiger partial charge in [0, 0.05) is 6.42 Å². The Hall–Kier alpha value is -3.59. The molecule has 0 N–H and O–H groups in total. The van der Waals surface area contributed by atoms with Crippen molar-refractivity contribution < 1.29 is 18.8 Å². The van der Waals surface area contributed by atoms with Gasteiger partial charge in [0.2, 0.25) is 12.7 Å². The second-order valence-electron chi connectivity index (χ2n) is 8.01. The maximum atomic E-state index is 13.4. The molecule has 0 atom stereocenters. The third-order valence-electron chi connectivity index (χ3n) is 5.41. The summed E-state index contributed by atoms with van der Waals surface area (Å²) in [6, 6.07) is 13.3. The Morgan fingerprint density at radius 3 is 2.76 bits per heavy atom. The molecule has 0 saturated carbocycles. The number of nitrogens with zero attached hydrogens (tertiary/aromatic N) is 4. The van der Waals surface area contributed by atoms with Crippen LogP contribution in [0.25, 0.3) is 6.08 Å². The van der Waals surface area contributed by atoms with Crippen LogP contribution in [0.4, 0.5) is 5.69 Å². The minimum atomic E-state index is -0.196. The quantitative estimate of drug-likeness (QED) is 0.437. The molecule has 0 saturated heterocycles. The van der Waals surface area contributed by atoms with E-state index in [1.807, 2.05) is 49.4 Å². The van der Waals surface area contributed by atoms with Crippen LogP contribution in [0.2, 0.25) is 0 Å². The summed E-state index contributed by atoms with van der Waals surface area (Å²) < 4.78 is 16.2. The molecule has 0 radical (unpaired) electrons. The Labute approximate surface area is 201 Å². The molecule has 0 fully saturated rings. The van der Waals surface area contributed by atoms with Crippen LogP contribution in [0.1, 0.15) is 42.6 Å². The second kappa shape index (κ2) is 9.72. The number of rotatable bonds is 7. The monoisotopic (exact) mass is 476 g/mol. The van der Waals surface area contributed by atoms with Gasteiger partial charge >= 0.3 is 0 Å². The molecule has 0 spiro atoms. The maximum absolute atomic E-state index is 13.4. The van der Waals surface area contributed by atoms with E-state index < -0.39 is 0 Å². The Morgan fingerprint density at radius 2 is 1.94 bits per heavy atom. The third kappa shape index (κ3) is 4.70. The number of aliphatic imine (C=N–C) groups is 1. The number of fused-ring (bicyclic) bond motifs is 1. The van der Waals surface area contributed by atoms with Crippen molar-refractivity contribution >= 4 is 34.6 Å². The lowest BCUT2D eigenvalue weighted by atomic mass is 10.1. The van der Waals surface area contributed by atoms with E-state index in [9.17, 15) is 4.79 Å². The van der Waals surface area contributed by atoms with E-state index in [0.29, 0.717) is 39.8 Å². The van der Waals surface area contributed by atoms with Crippen molar-refractivity contribution in [1.82, 2.24) is 10.1 Å². The number of amidine groups is 1. The average Bonchev–Trinajstić information content (AvgIpc) is 3.56. The minimum absolute atomic E-state index is 0.196. The predicted molar refractivity (Wildman–Crippen MR) is 131 cm³/mol. The number of hydrogen-bond acceptors (Lipinski definition) is 8. The highest BCUT2D eigenvalue weighted by Gasteiger charge is 2.32. The summed E-state index contributed by atoms with van der Waals surface area (Å²) in [6.07, 6.45) is 4.64. The van der Waals surface area contributed by atoms with E-state index >= 15 is 0 Å². The molecule has 0 unspecified atom stereocenters. The van der Waals surface area contributed by atoms with Gasteiger partial charge in [-0.1, -0.05) is 54.0 Å². The van der Waals surface area contributed by atoms with E-state index in [1.54, 1.807) is 11.0 Å². The zero-order chi connectivity index (χ0) is 23.5. The first kappa shape index (κ1) is 22.2. The number of amides is 1. The second-order valence-corrected chi connectivity index (χ2v) is 8.95. The van der Waals surface area contributed by atoms with E-state index in [0.717, 1.165) is 36.1 Å². The Kier molecular flexibility index (Phi) is 6.35. The number of unbranched alkanes of at least 4 members (excludes halogenated alkanes) is 1. The molecule has 0 aliphatic carbocycles. The predicted octanol–water partition coefficient (Wildman–Crippen LogP) is 5.13. The van der Waals surface area contributed by atoms with Crippen LogP contribution in [-0.4, -0.2) is 28.0 Å². The van der Waals surface area contributed by atoms with Gasteiger partial charge in [-0.2, -0.15) is 4.98 Å². The summed E-state index contributed by atoms with van der Waals surface area (Å²) in [5, 5.41) is 4.61. The molecule has 1 aromatic heterocycles. The van der Waals surface area contributed by atoms with Crippen molar-refractivity contribution in [1.29, 1.82) is 0 Å². The van der Waals surface area contributed by atoms with Gasteiger partial charge in [0.15, 0.2) is 22.5 Å². The number of aromatic nitrogens is 2. The summed E-state index contributed by atoms with van der Waals surface area (Å²) in [6.45, 7) is 4.33. The zero-order valence-corrected chi connectivity index (χ0v) is 19.8. The van der Waals surface area contributed by atoms with Crippen LogP contribution >= 0.6 is 11.8 Å². The van der Waals surface area contributed by atoms with E-state index in [2.05, 4.69) is 22.1 Å². The molecule has 8 nitrogen and oxygen atoms in total. The Bertz CT molecular complexity index is 1270. The fraction of sp³-hybridized carbons (Fsp3) is 0.280. The molecule has 2 aromatic carbocycles. The number of benzene rings is 2. The van der Waals surface area contributed by atoms with Crippen molar-refractivity contribution in [2.45, 2.75) is 38.9 Å². The lowest BCUT2D eigenvalue weighted by Crippen LogP contribution is -2.30. The Morgan fingerprint density at radius 1 is 1.12 bits per heavy atom. The van der Waals surface area contributed by atoms with Crippen molar-refractivity contribution in [3.05, 3.63) is 71.0 Å². The van der Waals surface area contributed by atoms with Crippen LogP contribution in [0.3, 0.4) is 0 Å². The molecular weight excluding hydrogens is 452 g/mol. The van der Waals surface area contributed by atoms with Crippen LogP contribution < -0.4 is 14.4 Å². The number of hydrogen-bond donors (Lipinski definition) is 0. The van der Waals surface area contributed by atoms with Crippen molar-refractivity contribution in [3.63, 3.8) is 0 Å². The number of thioether (sulfide) groups is 1. The molecular formula is C25H24N4O4S. The van der Waals surface area contributed by atoms with Crippen molar-refractivity contribution in [2.24, 2.45) is 4.99 Å². The standard InChI is InChI=1S/C25H24N4O4S/c1-3-4-5-22-27-23(33-28-22)14-34-25-26-19(12-17-8-11-20-21(13-17)32-15-31-20)24(30)29(25)18-9-6-16(2)7-10-18/h6-13H,3-5,14-15H2,1-2H3/b19-12-. The largest absolute Gasteiger partial charge is 0.454 e. The highest BCUT2D eigenvalue weighted by atomic mass is 32.2. The number of aryl methyl sites for hydroxylation is 2. The number of ether oxygens (including phenoxy) is 2. The topological polar surface area (TPSA) is 90.1 Å². The van der Waals surface area contributed by atoms with Gasteiger partial charge in [-0.15, -0.1) is 0 Å². The summed E-state index contributed by atoms with van der Waals surface area (Å²) in [4.78, 5) is 24.1. The highest BCUT2D eigenvalue weighted by Crippen LogP contribution is 2.35. The smallest absolute Gasteiger partial charge is 0.283 e. The fourth-order valence-corrected chi connectivity index (χ4v) is 4.44. The van der Waals surface area contributed by atoms with Gasteiger partial charge in [-0.25, -0.2) is 4.99 Å². The fourth-order valence-electron chi connectivity index (χ4n) is 3.59. The number of carbonyl (C=O) groups excluding carboxylic acids is 1. The van der Waals surface area contributed by atoms with Gasteiger partial charge in [-0.3, -0.25) is 9.69 Å². The normalized spacial score (nSPS) is 15.9. The van der Waals surface area contributed by atoms with Gasteiger partial charge in [0.05, 0.1) is 11.4 Å². The van der Waals surface area contributed by atoms with Gasteiger partial charge in [-0.05, 0) is 49.2 Å². The molecule has 34 heavy (non-hydrogen) atoms. The average molecular weight is 477 g/mol. The molecule has 2 aliphatic rings. The molecule has 174 valence electrons. The maximum Gasteiger partial charge on any atom is 0.283 e. The Balaban J connectivity index is 1.41. The van der Waals surface area contributed by atoms with E-state index in [1.165, 1.54) is 11.8 Å². The lowest BCUT2D eigenvalue weighted by molar-refractivity contribution is -0.113. The van der Waals surface area contributed by atoms with Gasteiger partial charge < -0.3 is 14.0 Å². The van der Waals surface area contributed by atoms with E-state index in [-0.39, 0.29) is 12.7 Å². The summed E-state index contributed by atoms with van der Waals surface area (Å²) in [5.41, 5.74) is 3.02. The molecule has 9 heteroatoms. The number of anilines is 1. The SMILES string of the molecule is CCCCc1noc(CSC2=N/C(=C\c3ccc4c(c3)OCO4)C(=O)N2c2ccc(C)cc2)n1. The summed E-state index contributed by atoms with van der Waals surface area (Å²) in [5.74, 6) is 2.80. The third-order valence-corrected chi connectivity index (χ3v) is 6.33. The van der Waals surface area contributed by atoms with Gasteiger partial charge in [0.1, 0.15) is 5.70 Å². The molecule has 3 aromatic rings. The van der Waals surface area contributed by atoms with Crippen LogP contribution in [-0.2, 0) is 17.0 Å². The molecule has 1 amide bonds. The molecule has 5 rings (SSSR count).